The first-order valence-corrected chi connectivity index (χ1v) is 8.17. The molecule has 6 heteroatoms. The van der Waals surface area contributed by atoms with E-state index in [0.717, 1.165) is 30.4 Å². The molecule has 1 aromatic rings. The second-order valence-corrected chi connectivity index (χ2v) is 5.92. The Bertz CT molecular complexity index is 441. The number of nitrogens with zero attached hydrogens (tertiary/aromatic N) is 1. The molecule has 0 aliphatic rings. The molecule has 0 unspecified atom stereocenters. The number of aliphatic hydroxyl groups excluding tert-OH is 2. The normalized spacial score (nSPS) is 11.8. The maximum Gasteiger partial charge on any atom is 0.164 e. The van der Waals surface area contributed by atoms with Gasteiger partial charge in [-0.2, -0.15) is 0 Å². The minimum atomic E-state index is -1.56. The van der Waals surface area contributed by atoms with Gasteiger partial charge in [-0.15, -0.1) is 0 Å². The third-order valence-corrected chi connectivity index (χ3v) is 3.73. The number of hydrogen-bond acceptors (Lipinski definition) is 6. The molecule has 0 atom stereocenters. The lowest BCUT2D eigenvalue weighted by atomic mass is 10.00. The number of benzene rings is 1. The van der Waals surface area contributed by atoms with E-state index in [4.69, 9.17) is 20.4 Å². The molecule has 0 bridgehead atoms. The number of aromatic hydroxyl groups is 1. The largest absolute Gasteiger partial charge is 0.508 e. The van der Waals surface area contributed by atoms with E-state index in [1.54, 1.807) is 17.0 Å². The van der Waals surface area contributed by atoms with Crippen molar-refractivity contribution in [2.24, 2.45) is 0 Å². The monoisotopic (exact) mass is 327 g/mol. The number of phenolic OH excluding ortho intramolecular Hbond substituents is 1. The Morgan fingerprint density at radius 1 is 0.913 bits per heavy atom. The van der Waals surface area contributed by atoms with E-state index >= 15 is 0 Å². The lowest BCUT2D eigenvalue weighted by Gasteiger charge is -2.25. The van der Waals surface area contributed by atoms with Gasteiger partial charge in [-0.05, 0) is 36.1 Å². The molecule has 0 aliphatic heterocycles. The van der Waals surface area contributed by atoms with Gasteiger partial charge < -0.3 is 25.5 Å². The Morgan fingerprint density at radius 3 is 2.13 bits per heavy atom. The van der Waals surface area contributed by atoms with Crippen LogP contribution in [0.2, 0.25) is 0 Å². The van der Waals surface area contributed by atoms with Gasteiger partial charge in [-0.3, -0.25) is 4.90 Å². The average Bonchev–Trinajstić information content (AvgIpc) is 2.44. The highest BCUT2D eigenvalue weighted by molar-refractivity contribution is 5.35. The molecule has 0 spiro atoms. The minimum Gasteiger partial charge on any atom is -0.508 e. The van der Waals surface area contributed by atoms with Gasteiger partial charge >= 0.3 is 0 Å². The summed E-state index contributed by atoms with van der Waals surface area (Å²) in [5.74, 6) is 0.145. The predicted octanol–water partition coefficient (Wildman–Crippen LogP) is 0.938. The summed E-state index contributed by atoms with van der Waals surface area (Å²) in [5.41, 5.74) is 1.95. The second-order valence-electron chi connectivity index (χ2n) is 5.92. The summed E-state index contributed by atoms with van der Waals surface area (Å²) in [6.07, 6.45) is 2.32. The fraction of sp³-hybridized carbons (Fsp3) is 0.647. The van der Waals surface area contributed by atoms with E-state index < -0.39 is 12.6 Å². The van der Waals surface area contributed by atoms with Crippen molar-refractivity contribution in [2.75, 3.05) is 13.1 Å². The van der Waals surface area contributed by atoms with Crippen molar-refractivity contribution in [3.8, 4) is 5.75 Å². The molecule has 6 nitrogen and oxygen atoms in total. The van der Waals surface area contributed by atoms with E-state index in [1.807, 2.05) is 6.07 Å². The topological polar surface area (TPSA) is 104 Å². The van der Waals surface area contributed by atoms with Crippen LogP contribution in [-0.2, 0) is 13.0 Å². The van der Waals surface area contributed by atoms with Crippen molar-refractivity contribution in [2.45, 2.75) is 58.2 Å². The molecule has 1 aromatic carbocycles. The number of aryl methyl sites for hydroxylation is 1. The van der Waals surface area contributed by atoms with E-state index in [0.29, 0.717) is 6.54 Å². The summed E-state index contributed by atoms with van der Waals surface area (Å²) >= 11 is 0. The molecule has 0 saturated carbocycles. The predicted molar refractivity (Wildman–Crippen MR) is 87.7 cm³/mol. The Kier molecular flexibility index (Phi) is 9.13. The molecule has 0 aromatic heterocycles. The zero-order valence-electron chi connectivity index (χ0n) is 13.7. The van der Waals surface area contributed by atoms with Gasteiger partial charge in [0, 0.05) is 19.6 Å². The smallest absolute Gasteiger partial charge is 0.164 e. The molecule has 5 N–H and O–H groups in total. The highest BCUT2D eigenvalue weighted by atomic mass is 16.5. The number of aliphatic hydroxyl groups is 4. The van der Waals surface area contributed by atoms with Gasteiger partial charge in [-0.25, -0.2) is 0 Å². The highest BCUT2D eigenvalue weighted by Crippen LogP contribution is 2.21. The van der Waals surface area contributed by atoms with Gasteiger partial charge in [0.1, 0.15) is 5.75 Å². The lowest BCUT2D eigenvalue weighted by Crippen LogP contribution is -2.37. The standard InChI is InChI=1S/C17H29NO5/c1-2-3-4-5-6-13-7-8-15(19)9-14(13)10-18(11-16(20)21)12-17(22)23/h7-9,16-17,19-23H,2-6,10-12H2,1H3. The van der Waals surface area contributed by atoms with Gasteiger partial charge in [0.15, 0.2) is 12.6 Å². The molecule has 0 fully saturated rings. The molecule has 0 aliphatic carbocycles. The van der Waals surface area contributed by atoms with Crippen LogP contribution >= 0.6 is 0 Å². The molecule has 0 amide bonds. The van der Waals surface area contributed by atoms with Gasteiger partial charge in [0.2, 0.25) is 0 Å². The van der Waals surface area contributed by atoms with Crippen LogP contribution in [0.15, 0.2) is 18.2 Å². The van der Waals surface area contributed by atoms with Gasteiger partial charge in [-0.1, -0.05) is 32.3 Å². The van der Waals surface area contributed by atoms with E-state index in [9.17, 15) is 5.11 Å². The van der Waals surface area contributed by atoms with E-state index in [2.05, 4.69) is 6.92 Å². The molecular weight excluding hydrogens is 298 g/mol. The molecule has 0 radical (unpaired) electrons. The van der Waals surface area contributed by atoms with Crippen molar-refractivity contribution >= 4 is 0 Å². The summed E-state index contributed by atoms with van der Waals surface area (Å²) in [7, 11) is 0. The van der Waals surface area contributed by atoms with Crippen molar-refractivity contribution in [1.82, 2.24) is 4.90 Å². The third-order valence-electron chi connectivity index (χ3n) is 3.73. The minimum absolute atomic E-state index is 0.0947. The summed E-state index contributed by atoms with van der Waals surface area (Å²) in [6, 6.07) is 5.17. The SMILES string of the molecule is CCCCCCc1ccc(O)cc1CN(CC(O)O)CC(O)O. The molecule has 132 valence electrons. The summed E-state index contributed by atoms with van der Waals surface area (Å²) < 4.78 is 0. The van der Waals surface area contributed by atoms with Gasteiger partial charge in [0.25, 0.3) is 0 Å². The maximum absolute atomic E-state index is 9.71. The molecule has 0 heterocycles. The van der Waals surface area contributed by atoms with Crippen LogP contribution in [0, 0.1) is 0 Å². The van der Waals surface area contributed by atoms with Crippen LogP contribution in [0.3, 0.4) is 0 Å². The van der Waals surface area contributed by atoms with Crippen LogP contribution in [0.1, 0.15) is 43.7 Å². The number of phenols is 1. The summed E-state index contributed by atoms with van der Waals surface area (Å²) in [5, 5.41) is 46.3. The summed E-state index contributed by atoms with van der Waals surface area (Å²) in [6.45, 7) is 2.28. The fourth-order valence-electron chi connectivity index (χ4n) is 2.65. The fourth-order valence-corrected chi connectivity index (χ4v) is 2.65. The number of rotatable bonds is 11. The average molecular weight is 327 g/mol. The molecule has 0 saturated heterocycles. The lowest BCUT2D eigenvalue weighted by molar-refractivity contribution is -0.0964. The first-order chi connectivity index (χ1) is 10.9. The van der Waals surface area contributed by atoms with Crippen molar-refractivity contribution in [1.29, 1.82) is 0 Å². The Hall–Kier alpha value is -1.18. The Labute approximate surface area is 137 Å². The quantitative estimate of drug-likeness (QED) is 0.306. The van der Waals surface area contributed by atoms with Crippen LogP contribution in [0.5, 0.6) is 5.75 Å². The second kappa shape index (κ2) is 10.6. The number of unbranched alkanes of at least 4 members (excludes halogenated alkanes) is 3. The number of hydrogen-bond donors (Lipinski definition) is 5. The zero-order valence-corrected chi connectivity index (χ0v) is 13.7. The molecular formula is C17H29NO5. The van der Waals surface area contributed by atoms with Crippen molar-refractivity contribution in [3.63, 3.8) is 0 Å². The molecule has 1 rings (SSSR count). The maximum atomic E-state index is 9.71. The van der Waals surface area contributed by atoms with Gasteiger partial charge in [0.05, 0.1) is 0 Å². The van der Waals surface area contributed by atoms with Crippen LogP contribution in [-0.4, -0.2) is 56.1 Å². The Morgan fingerprint density at radius 2 is 1.57 bits per heavy atom. The van der Waals surface area contributed by atoms with Crippen LogP contribution in [0.4, 0.5) is 0 Å². The van der Waals surface area contributed by atoms with Crippen molar-refractivity contribution in [3.05, 3.63) is 29.3 Å². The first kappa shape index (κ1) is 19.9. The van der Waals surface area contributed by atoms with E-state index in [-0.39, 0.29) is 18.8 Å². The van der Waals surface area contributed by atoms with Crippen LogP contribution in [0.25, 0.3) is 0 Å². The molecule has 23 heavy (non-hydrogen) atoms. The zero-order chi connectivity index (χ0) is 17.2. The first-order valence-electron chi connectivity index (χ1n) is 8.17. The third kappa shape index (κ3) is 8.29. The summed E-state index contributed by atoms with van der Waals surface area (Å²) in [4.78, 5) is 1.54. The highest BCUT2D eigenvalue weighted by Gasteiger charge is 2.15. The Balaban J connectivity index is 2.79. The van der Waals surface area contributed by atoms with E-state index in [1.165, 1.54) is 12.8 Å². The van der Waals surface area contributed by atoms with Crippen molar-refractivity contribution < 1.29 is 25.5 Å². The van der Waals surface area contributed by atoms with Crippen LogP contribution < -0.4 is 0 Å².